The number of hydrogen-bond donors (Lipinski definition) is 0. The molecule has 1 aromatic rings. The van der Waals surface area contributed by atoms with Gasteiger partial charge < -0.3 is 9.80 Å². The maximum Gasteiger partial charge on any atom is 0.272 e. The highest BCUT2D eigenvalue weighted by Gasteiger charge is 2.27. The van der Waals surface area contributed by atoms with E-state index in [1.807, 2.05) is 9.80 Å². The Kier molecular flexibility index (Phi) is 6.00. The summed E-state index contributed by atoms with van der Waals surface area (Å²) in [5, 5.41) is 10.7. The zero-order valence-electron chi connectivity index (χ0n) is 15.1. The van der Waals surface area contributed by atoms with Gasteiger partial charge in [-0.1, -0.05) is 0 Å². The summed E-state index contributed by atoms with van der Waals surface area (Å²) in [6, 6.07) is 3.05. The molecule has 1 aromatic carbocycles. The fourth-order valence-corrected chi connectivity index (χ4v) is 3.51. The molecule has 0 atom stereocenters. The molecule has 2 saturated heterocycles. The summed E-state index contributed by atoms with van der Waals surface area (Å²) in [5.41, 5.74) is -0.552. The second-order valence-electron chi connectivity index (χ2n) is 6.93. The molecule has 0 spiro atoms. The number of carbonyl (C=O) groups excluding carboxylic acids is 2. The van der Waals surface area contributed by atoms with Crippen molar-refractivity contribution in [1.29, 1.82) is 0 Å². The Morgan fingerprint density at radius 1 is 1.00 bits per heavy atom. The first kappa shape index (κ1) is 19.2. The van der Waals surface area contributed by atoms with E-state index in [0.29, 0.717) is 32.7 Å². The van der Waals surface area contributed by atoms with Gasteiger partial charge in [0.2, 0.25) is 5.91 Å². The average molecular weight is 378 g/mol. The number of carbonyl (C=O) groups is 2. The van der Waals surface area contributed by atoms with Gasteiger partial charge in [0.25, 0.3) is 11.6 Å². The third kappa shape index (κ3) is 4.60. The number of piperazine rings is 1. The summed E-state index contributed by atoms with van der Waals surface area (Å²) in [5.74, 6) is -1.25. The number of non-ortho nitro benzene ring substituents is 1. The average Bonchev–Trinajstić information content (AvgIpc) is 2.68. The van der Waals surface area contributed by atoms with Crippen LogP contribution < -0.4 is 0 Å². The second-order valence-corrected chi connectivity index (χ2v) is 6.93. The number of benzene rings is 1. The van der Waals surface area contributed by atoms with Crippen molar-refractivity contribution in [2.24, 2.45) is 0 Å². The summed E-state index contributed by atoms with van der Waals surface area (Å²) in [6.45, 7) is 3.84. The number of nitrogens with zero attached hydrogens (tertiary/aromatic N) is 4. The van der Waals surface area contributed by atoms with Gasteiger partial charge in [-0.05, 0) is 25.3 Å². The van der Waals surface area contributed by atoms with E-state index in [1.54, 1.807) is 0 Å². The molecule has 0 aliphatic carbocycles. The monoisotopic (exact) mass is 378 g/mol. The van der Waals surface area contributed by atoms with Crippen LogP contribution in [0.2, 0.25) is 0 Å². The van der Waals surface area contributed by atoms with Gasteiger partial charge in [0, 0.05) is 45.3 Å². The van der Waals surface area contributed by atoms with E-state index in [2.05, 4.69) is 0 Å². The van der Waals surface area contributed by atoms with Gasteiger partial charge in [-0.2, -0.15) is 0 Å². The van der Waals surface area contributed by atoms with Crippen LogP contribution in [-0.4, -0.2) is 77.3 Å². The minimum atomic E-state index is -0.892. The highest BCUT2D eigenvalue weighted by Crippen LogP contribution is 2.19. The molecule has 2 heterocycles. The summed E-state index contributed by atoms with van der Waals surface area (Å²) in [7, 11) is 0. The van der Waals surface area contributed by atoms with Gasteiger partial charge in [-0.3, -0.25) is 24.6 Å². The highest BCUT2D eigenvalue weighted by molar-refractivity contribution is 5.94. The second kappa shape index (κ2) is 8.43. The highest BCUT2D eigenvalue weighted by atomic mass is 19.1. The van der Waals surface area contributed by atoms with Gasteiger partial charge in [0.15, 0.2) is 0 Å². The molecule has 2 fully saturated rings. The first-order chi connectivity index (χ1) is 13.0. The quantitative estimate of drug-likeness (QED) is 0.585. The molecule has 0 unspecified atom stereocenters. The van der Waals surface area contributed by atoms with Gasteiger partial charge in [0.05, 0.1) is 23.1 Å². The predicted molar refractivity (Wildman–Crippen MR) is 95.8 cm³/mol. The van der Waals surface area contributed by atoms with Crippen molar-refractivity contribution >= 4 is 17.5 Å². The van der Waals surface area contributed by atoms with Crippen molar-refractivity contribution in [3.8, 4) is 0 Å². The summed E-state index contributed by atoms with van der Waals surface area (Å²) >= 11 is 0. The maximum absolute atomic E-state index is 14.1. The number of amides is 2. The first-order valence-electron chi connectivity index (χ1n) is 9.19. The number of nitro benzene ring substituents is 1. The topological polar surface area (TPSA) is 87.0 Å². The molecule has 9 heteroatoms. The number of piperidine rings is 1. The molecule has 8 nitrogen and oxygen atoms in total. The van der Waals surface area contributed by atoms with E-state index < -0.39 is 16.6 Å². The fraction of sp³-hybridized carbons (Fsp3) is 0.556. The summed E-state index contributed by atoms with van der Waals surface area (Å²) in [6.07, 6.45) is 3.27. The van der Waals surface area contributed by atoms with Crippen LogP contribution in [0.4, 0.5) is 10.1 Å². The van der Waals surface area contributed by atoms with Crippen molar-refractivity contribution in [3.05, 3.63) is 39.7 Å². The van der Waals surface area contributed by atoms with Crippen molar-refractivity contribution in [2.75, 3.05) is 45.8 Å². The van der Waals surface area contributed by atoms with Crippen molar-refractivity contribution in [2.45, 2.75) is 19.3 Å². The molecule has 27 heavy (non-hydrogen) atoms. The van der Waals surface area contributed by atoms with E-state index in [4.69, 9.17) is 0 Å². The lowest BCUT2D eigenvalue weighted by molar-refractivity contribution is -0.385. The summed E-state index contributed by atoms with van der Waals surface area (Å²) < 4.78 is 14.1. The van der Waals surface area contributed by atoms with E-state index in [1.165, 1.54) is 11.3 Å². The van der Waals surface area contributed by atoms with E-state index in [-0.39, 0.29) is 17.2 Å². The molecule has 3 rings (SSSR count). The first-order valence-corrected chi connectivity index (χ1v) is 9.19. The molecule has 2 aliphatic rings. The SMILES string of the molecule is O=C(CN1CCN(C(=O)c2ccc([N+](=O)[O-])cc2F)CC1)N1CCCCC1. The number of hydrogen-bond acceptors (Lipinski definition) is 5. The Hall–Kier alpha value is -2.55. The van der Waals surface area contributed by atoms with Crippen molar-refractivity contribution in [3.63, 3.8) is 0 Å². The molecule has 0 bridgehead atoms. The molecule has 2 aliphatic heterocycles. The number of likely N-dealkylation sites (tertiary alicyclic amines) is 1. The minimum Gasteiger partial charge on any atom is -0.342 e. The minimum absolute atomic E-state index is 0.121. The third-order valence-corrected chi connectivity index (χ3v) is 5.12. The Labute approximate surface area is 156 Å². The molecule has 146 valence electrons. The molecule has 0 radical (unpaired) electrons. The molecular formula is C18H23FN4O4. The lowest BCUT2D eigenvalue weighted by atomic mass is 10.1. The van der Waals surface area contributed by atoms with E-state index in [0.717, 1.165) is 44.1 Å². The maximum atomic E-state index is 14.1. The Balaban J connectivity index is 1.53. The van der Waals surface area contributed by atoms with Gasteiger partial charge in [-0.25, -0.2) is 4.39 Å². The largest absolute Gasteiger partial charge is 0.342 e. The Morgan fingerprint density at radius 3 is 2.26 bits per heavy atom. The van der Waals surface area contributed by atoms with Gasteiger partial charge >= 0.3 is 0 Å². The number of rotatable bonds is 4. The lowest BCUT2D eigenvalue weighted by Gasteiger charge is -2.36. The van der Waals surface area contributed by atoms with Crippen LogP contribution in [0, 0.1) is 15.9 Å². The Bertz CT molecular complexity index is 728. The zero-order valence-corrected chi connectivity index (χ0v) is 15.1. The third-order valence-electron chi connectivity index (χ3n) is 5.12. The Morgan fingerprint density at radius 2 is 1.67 bits per heavy atom. The van der Waals surface area contributed by atoms with Crippen molar-refractivity contribution in [1.82, 2.24) is 14.7 Å². The summed E-state index contributed by atoms with van der Waals surface area (Å²) in [4.78, 5) is 40.2. The normalized spacial score (nSPS) is 18.4. The van der Waals surface area contributed by atoms with Crippen LogP contribution in [0.25, 0.3) is 0 Å². The van der Waals surface area contributed by atoms with Crippen molar-refractivity contribution < 1.29 is 18.9 Å². The van der Waals surface area contributed by atoms with Gasteiger partial charge in [0.1, 0.15) is 5.82 Å². The smallest absolute Gasteiger partial charge is 0.272 e. The molecule has 0 aromatic heterocycles. The van der Waals surface area contributed by atoms with Gasteiger partial charge in [-0.15, -0.1) is 0 Å². The van der Waals surface area contributed by atoms with Crippen LogP contribution in [0.15, 0.2) is 18.2 Å². The van der Waals surface area contributed by atoms with E-state index in [9.17, 15) is 24.1 Å². The predicted octanol–water partition coefficient (Wildman–Crippen LogP) is 1.50. The standard InChI is InChI=1S/C18H23FN4O4/c19-16-12-14(23(26)27)4-5-15(16)18(25)22-10-8-20(9-11-22)13-17(24)21-6-2-1-3-7-21/h4-5,12H,1-3,6-11,13H2. The van der Waals surface area contributed by atoms with Crippen LogP contribution in [-0.2, 0) is 4.79 Å². The lowest BCUT2D eigenvalue weighted by Crippen LogP contribution is -2.52. The molecule has 2 amide bonds. The molecule has 0 N–H and O–H groups in total. The zero-order chi connectivity index (χ0) is 19.4. The number of halogens is 1. The molecular weight excluding hydrogens is 355 g/mol. The van der Waals surface area contributed by atoms with E-state index >= 15 is 0 Å². The van der Waals surface area contributed by atoms with Crippen LogP contribution in [0.5, 0.6) is 0 Å². The van der Waals surface area contributed by atoms with Crippen LogP contribution in [0.3, 0.4) is 0 Å². The van der Waals surface area contributed by atoms with Crippen LogP contribution in [0.1, 0.15) is 29.6 Å². The number of nitro groups is 1. The molecule has 0 saturated carbocycles. The fourth-order valence-electron chi connectivity index (χ4n) is 3.51. The van der Waals surface area contributed by atoms with Crippen LogP contribution >= 0.6 is 0 Å².